The van der Waals surface area contributed by atoms with E-state index in [0.29, 0.717) is 5.56 Å². The molecule has 0 fully saturated rings. The van der Waals surface area contributed by atoms with Crippen LogP contribution in [0.3, 0.4) is 0 Å². The molecule has 11 heteroatoms. The van der Waals surface area contributed by atoms with Gasteiger partial charge in [-0.05, 0) is 36.8 Å². The summed E-state index contributed by atoms with van der Waals surface area (Å²) in [5, 5.41) is 13.1. The molecule has 0 aliphatic rings. The van der Waals surface area contributed by atoms with Crippen LogP contribution in [0.2, 0.25) is 0 Å². The molecule has 30 heavy (non-hydrogen) atoms. The SMILES string of the molecule is CC(OC(=O)/C=C/c1ccc(OC(F)(F)F)cc1)C(=O)Nc1cccc([N+](=O)[O-])c1. The number of nitrogens with one attached hydrogen (secondary N) is 1. The third kappa shape index (κ3) is 7.26. The Bertz CT molecular complexity index is 957. The Kier molecular flexibility index (Phi) is 7.13. The van der Waals surface area contributed by atoms with Gasteiger partial charge in [-0.1, -0.05) is 18.2 Å². The van der Waals surface area contributed by atoms with Crippen LogP contribution in [0.1, 0.15) is 12.5 Å². The standard InChI is InChI=1S/C19H15F3N2O6/c1-12(18(26)23-14-3-2-4-15(11-14)24(27)28)29-17(25)10-7-13-5-8-16(9-6-13)30-19(20,21)22/h2-12H,1H3,(H,23,26)/b10-7+. The molecule has 0 aromatic heterocycles. The van der Waals surface area contributed by atoms with Crippen molar-refractivity contribution in [1.29, 1.82) is 0 Å². The van der Waals surface area contributed by atoms with Crippen molar-refractivity contribution in [3.63, 3.8) is 0 Å². The number of ether oxygens (including phenoxy) is 2. The predicted octanol–water partition coefficient (Wildman–Crippen LogP) is 4.08. The maximum Gasteiger partial charge on any atom is 0.573 e. The Morgan fingerprint density at radius 3 is 2.43 bits per heavy atom. The Labute approximate surface area is 168 Å². The van der Waals surface area contributed by atoms with Crippen LogP contribution in [0.5, 0.6) is 5.75 Å². The van der Waals surface area contributed by atoms with Crippen molar-refractivity contribution < 1.29 is 37.2 Å². The summed E-state index contributed by atoms with van der Waals surface area (Å²) in [6.45, 7) is 1.31. The molecule has 1 atom stereocenters. The second-order valence-corrected chi connectivity index (χ2v) is 5.83. The van der Waals surface area contributed by atoms with Crippen molar-refractivity contribution >= 4 is 29.3 Å². The summed E-state index contributed by atoms with van der Waals surface area (Å²) in [5.41, 5.74) is 0.344. The average molecular weight is 424 g/mol. The van der Waals surface area contributed by atoms with Crippen LogP contribution in [0.4, 0.5) is 24.5 Å². The number of nitro groups is 1. The Hall–Kier alpha value is -3.89. The van der Waals surface area contributed by atoms with E-state index >= 15 is 0 Å². The number of halogens is 3. The fourth-order valence-electron chi connectivity index (χ4n) is 2.15. The number of non-ortho nitro benzene ring substituents is 1. The molecular formula is C19H15F3N2O6. The highest BCUT2D eigenvalue weighted by atomic mass is 19.4. The van der Waals surface area contributed by atoms with Crippen molar-refractivity contribution in [3.8, 4) is 5.75 Å². The van der Waals surface area contributed by atoms with Crippen molar-refractivity contribution in [1.82, 2.24) is 0 Å². The van der Waals surface area contributed by atoms with Gasteiger partial charge in [0.05, 0.1) is 4.92 Å². The molecule has 0 saturated carbocycles. The molecule has 0 heterocycles. The van der Waals surface area contributed by atoms with E-state index in [0.717, 1.165) is 24.3 Å². The third-order valence-electron chi connectivity index (χ3n) is 3.51. The molecule has 8 nitrogen and oxygen atoms in total. The number of nitro benzene ring substituents is 1. The lowest BCUT2D eigenvalue weighted by atomic mass is 10.2. The van der Waals surface area contributed by atoms with Crippen LogP contribution < -0.4 is 10.1 Å². The van der Waals surface area contributed by atoms with Gasteiger partial charge in [-0.3, -0.25) is 14.9 Å². The second kappa shape index (κ2) is 9.54. The normalized spacial score (nSPS) is 12.3. The Balaban J connectivity index is 1.89. The molecule has 1 N–H and O–H groups in total. The number of amides is 1. The largest absolute Gasteiger partial charge is 0.573 e. The number of carbonyl (C=O) groups is 2. The van der Waals surface area contributed by atoms with Gasteiger partial charge in [0.2, 0.25) is 0 Å². The van der Waals surface area contributed by atoms with E-state index in [1.807, 2.05) is 0 Å². The fourth-order valence-corrected chi connectivity index (χ4v) is 2.15. The number of hydrogen-bond acceptors (Lipinski definition) is 6. The van der Waals surface area contributed by atoms with E-state index < -0.39 is 35.0 Å². The van der Waals surface area contributed by atoms with Crippen molar-refractivity contribution in [3.05, 3.63) is 70.3 Å². The Morgan fingerprint density at radius 1 is 1.17 bits per heavy atom. The van der Waals surface area contributed by atoms with Crippen LogP contribution >= 0.6 is 0 Å². The summed E-state index contributed by atoms with van der Waals surface area (Å²) >= 11 is 0. The number of benzene rings is 2. The molecule has 2 rings (SSSR count). The maximum atomic E-state index is 12.1. The lowest BCUT2D eigenvalue weighted by Crippen LogP contribution is -2.29. The molecule has 0 spiro atoms. The summed E-state index contributed by atoms with van der Waals surface area (Å²) in [5.74, 6) is -1.98. The van der Waals surface area contributed by atoms with Gasteiger partial charge in [0.15, 0.2) is 6.10 Å². The first kappa shape index (κ1) is 22.4. The number of carbonyl (C=O) groups excluding carboxylic acids is 2. The monoisotopic (exact) mass is 424 g/mol. The van der Waals surface area contributed by atoms with Gasteiger partial charge in [-0.2, -0.15) is 0 Å². The number of nitrogens with zero attached hydrogens (tertiary/aromatic N) is 1. The summed E-state index contributed by atoms with van der Waals surface area (Å²) in [4.78, 5) is 34.0. The van der Waals surface area contributed by atoms with E-state index in [2.05, 4.69) is 10.1 Å². The van der Waals surface area contributed by atoms with Crippen LogP contribution in [-0.4, -0.2) is 29.3 Å². The molecule has 0 bridgehead atoms. The number of esters is 1. The first-order valence-electron chi connectivity index (χ1n) is 8.33. The van der Waals surface area contributed by atoms with Crippen LogP contribution in [-0.2, 0) is 14.3 Å². The average Bonchev–Trinajstić information content (AvgIpc) is 2.66. The summed E-state index contributed by atoms with van der Waals surface area (Å²) in [7, 11) is 0. The van der Waals surface area contributed by atoms with E-state index in [9.17, 15) is 32.9 Å². The molecule has 158 valence electrons. The highest BCUT2D eigenvalue weighted by Crippen LogP contribution is 2.23. The van der Waals surface area contributed by atoms with Crippen LogP contribution in [0.15, 0.2) is 54.6 Å². The molecule has 0 saturated heterocycles. The molecule has 1 unspecified atom stereocenters. The molecule has 1 amide bonds. The predicted molar refractivity (Wildman–Crippen MR) is 99.4 cm³/mol. The molecule has 0 aliphatic heterocycles. The second-order valence-electron chi connectivity index (χ2n) is 5.83. The van der Waals surface area contributed by atoms with Crippen LogP contribution in [0, 0.1) is 10.1 Å². The maximum absolute atomic E-state index is 12.1. The topological polar surface area (TPSA) is 108 Å². The number of hydrogen-bond donors (Lipinski definition) is 1. The molecule has 0 radical (unpaired) electrons. The van der Waals surface area contributed by atoms with E-state index in [1.54, 1.807) is 0 Å². The van der Waals surface area contributed by atoms with Gasteiger partial charge >= 0.3 is 12.3 Å². The highest BCUT2D eigenvalue weighted by molar-refractivity contribution is 5.96. The van der Waals surface area contributed by atoms with Crippen molar-refractivity contribution in [2.45, 2.75) is 19.4 Å². The van der Waals surface area contributed by atoms with Gasteiger partial charge in [0, 0.05) is 23.9 Å². The van der Waals surface area contributed by atoms with E-state index in [-0.39, 0.29) is 11.4 Å². The number of rotatable bonds is 7. The smallest absolute Gasteiger partial charge is 0.449 e. The van der Waals surface area contributed by atoms with Crippen LogP contribution in [0.25, 0.3) is 6.08 Å². The zero-order valence-corrected chi connectivity index (χ0v) is 15.4. The lowest BCUT2D eigenvalue weighted by molar-refractivity contribution is -0.384. The highest BCUT2D eigenvalue weighted by Gasteiger charge is 2.30. The zero-order valence-electron chi connectivity index (χ0n) is 15.4. The quantitative estimate of drug-likeness (QED) is 0.311. The van der Waals surface area contributed by atoms with Gasteiger partial charge in [-0.15, -0.1) is 13.2 Å². The van der Waals surface area contributed by atoms with E-state index in [1.165, 1.54) is 43.3 Å². The fraction of sp³-hybridized carbons (Fsp3) is 0.158. The molecule has 2 aromatic carbocycles. The molecular weight excluding hydrogens is 409 g/mol. The summed E-state index contributed by atoms with van der Waals surface area (Å²) < 4.78 is 45.0. The van der Waals surface area contributed by atoms with Gasteiger partial charge in [0.25, 0.3) is 11.6 Å². The summed E-state index contributed by atoms with van der Waals surface area (Å²) in [6.07, 6.45) is -3.73. The Morgan fingerprint density at radius 2 is 1.83 bits per heavy atom. The third-order valence-corrected chi connectivity index (χ3v) is 3.51. The molecule has 2 aromatic rings. The summed E-state index contributed by atoms with van der Waals surface area (Å²) in [6, 6.07) is 9.97. The van der Waals surface area contributed by atoms with Crippen molar-refractivity contribution in [2.24, 2.45) is 0 Å². The van der Waals surface area contributed by atoms with Crippen molar-refractivity contribution in [2.75, 3.05) is 5.32 Å². The zero-order chi connectivity index (χ0) is 22.3. The number of alkyl halides is 3. The minimum absolute atomic E-state index is 0.161. The lowest BCUT2D eigenvalue weighted by Gasteiger charge is -2.12. The number of anilines is 1. The first-order chi connectivity index (χ1) is 14.0. The van der Waals surface area contributed by atoms with E-state index in [4.69, 9.17) is 4.74 Å². The molecule has 0 aliphatic carbocycles. The minimum atomic E-state index is -4.80. The minimum Gasteiger partial charge on any atom is -0.449 e. The van der Waals surface area contributed by atoms with Gasteiger partial charge in [-0.25, -0.2) is 4.79 Å². The van der Waals surface area contributed by atoms with Gasteiger partial charge in [0.1, 0.15) is 5.75 Å². The van der Waals surface area contributed by atoms with Gasteiger partial charge < -0.3 is 14.8 Å². The first-order valence-corrected chi connectivity index (χ1v) is 8.33.